The predicted octanol–water partition coefficient (Wildman–Crippen LogP) is 2.42. The molecule has 0 fully saturated rings. The van der Waals surface area contributed by atoms with Crippen LogP contribution in [0.5, 0.6) is 5.75 Å². The van der Waals surface area contributed by atoms with Crippen molar-refractivity contribution in [2.45, 2.75) is 12.8 Å². The summed E-state index contributed by atoms with van der Waals surface area (Å²) in [6.07, 6.45) is 5.04. The molecule has 126 valence electrons. The van der Waals surface area contributed by atoms with E-state index in [0.29, 0.717) is 18.7 Å². The molecule has 0 atom stereocenters. The lowest BCUT2D eigenvalue weighted by Gasteiger charge is -2.20. The Bertz CT molecular complexity index is 888. The quantitative estimate of drug-likeness (QED) is 0.754. The molecule has 1 amide bonds. The number of aromatic hydroxyl groups is 1. The maximum atomic E-state index is 12.7. The third-order valence-corrected chi connectivity index (χ3v) is 4.55. The average molecular weight is 334 g/mol. The summed E-state index contributed by atoms with van der Waals surface area (Å²) in [6.45, 7) is 1.28. The maximum Gasteiger partial charge on any atom is 0.253 e. The van der Waals surface area contributed by atoms with E-state index in [1.54, 1.807) is 24.5 Å². The minimum atomic E-state index is -0.0129. The SMILES string of the molecule is O=C(c1ccc(O)cc1)N1CCc2[nH]nc(-c3cccnc3)c2CC1. The van der Waals surface area contributed by atoms with Gasteiger partial charge in [0, 0.05) is 54.3 Å². The summed E-state index contributed by atoms with van der Waals surface area (Å²) < 4.78 is 0. The van der Waals surface area contributed by atoms with Gasteiger partial charge in [0.05, 0.1) is 5.69 Å². The predicted molar refractivity (Wildman–Crippen MR) is 93.2 cm³/mol. The largest absolute Gasteiger partial charge is 0.508 e. The first-order chi connectivity index (χ1) is 12.2. The summed E-state index contributed by atoms with van der Waals surface area (Å²) in [5.41, 5.74) is 4.74. The van der Waals surface area contributed by atoms with Gasteiger partial charge in [-0.1, -0.05) is 0 Å². The second-order valence-corrected chi connectivity index (χ2v) is 6.11. The molecule has 1 aromatic carbocycles. The van der Waals surface area contributed by atoms with Crippen LogP contribution in [-0.2, 0) is 12.8 Å². The first-order valence-electron chi connectivity index (χ1n) is 8.27. The second kappa shape index (κ2) is 6.39. The zero-order valence-corrected chi connectivity index (χ0v) is 13.6. The molecule has 6 heteroatoms. The Morgan fingerprint density at radius 2 is 1.92 bits per heavy atom. The molecule has 0 saturated heterocycles. The first kappa shape index (κ1) is 15.4. The lowest BCUT2D eigenvalue weighted by molar-refractivity contribution is 0.0763. The van der Waals surface area contributed by atoms with Crippen molar-refractivity contribution in [1.82, 2.24) is 20.1 Å². The molecule has 4 rings (SSSR count). The van der Waals surface area contributed by atoms with Crippen molar-refractivity contribution in [3.63, 3.8) is 0 Å². The number of hydrogen-bond acceptors (Lipinski definition) is 4. The molecule has 3 heterocycles. The van der Waals surface area contributed by atoms with E-state index in [9.17, 15) is 9.90 Å². The monoisotopic (exact) mass is 334 g/mol. The first-order valence-corrected chi connectivity index (χ1v) is 8.27. The molecule has 0 spiro atoms. The molecule has 3 aromatic rings. The van der Waals surface area contributed by atoms with Gasteiger partial charge in [-0.2, -0.15) is 5.10 Å². The molecule has 25 heavy (non-hydrogen) atoms. The van der Waals surface area contributed by atoms with Gasteiger partial charge in [-0.15, -0.1) is 0 Å². The van der Waals surface area contributed by atoms with Crippen LogP contribution < -0.4 is 0 Å². The van der Waals surface area contributed by atoms with Crippen molar-refractivity contribution in [3.05, 3.63) is 65.6 Å². The summed E-state index contributed by atoms with van der Waals surface area (Å²) in [4.78, 5) is 18.7. The number of nitrogens with zero attached hydrogens (tertiary/aromatic N) is 3. The zero-order chi connectivity index (χ0) is 17.2. The molecule has 2 aromatic heterocycles. The van der Waals surface area contributed by atoms with Crippen LogP contribution in [0.2, 0.25) is 0 Å². The Kier molecular flexibility index (Phi) is 3.93. The van der Waals surface area contributed by atoms with E-state index < -0.39 is 0 Å². The summed E-state index contributed by atoms with van der Waals surface area (Å²) in [5.74, 6) is 0.149. The number of nitrogens with one attached hydrogen (secondary N) is 1. The van der Waals surface area contributed by atoms with Crippen LogP contribution in [-0.4, -0.2) is 44.2 Å². The minimum absolute atomic E-state index is 0.0129. The van der Waals surface area contributed by atoms with E-state index in [4.69, 9.17) is 0 Å². The van der Waals surface area contributed by atoms with E-state index in [0.717, 1.165) is 35.4 Å². The fourth-order valence-corrected chi connectivity index (χ4v) is 3.21. The standard InChI is InChI=1S/C19H18N4O2/c24-15-5-3-13(4-6-15)19(25)23-10-7-16-17(8-11-23)21-22-18(16)14-2-1-9-20-12-14/h1-6,9,12,24H,7-8,10-11H2,(H,21,22). The topological polar surface area (TPSA) is 82.1 Å². The van der Waals surface area contributed by atoms with Gasteiger partial charge in [-0.3, -0.25) is 14.9 Å². The van der Waals surface area contributed by atoms with Crippen LogP contribution >= 0.6 is 0 Å². The number of carbonyl (C=O) groups is 1. The van der Waals surface area contributed by atoms with E-state index in [-0.39, 0.29) is 11.7 Å². The van der Waals surface area contributed by atoms with Gasteiger partial charge in [0.2, 0.25) is 0 Å². The molecule has 0 radical (unpaired) electrons. The van der Waals surface area contributed by atoms with Crippen LogP contribution in [0.15, 0.2) is 48.8 Å². The number of rotatable bonds is 2. The number of phenols is 1. The van der Waals surface area contributed by atoms with Crippen molar-refractivity contribution >= 4 is 5.91 Å². The Labute approximate surface area is 145 Å². The number of carbonyl (C=O) groups excluding carboxylic acids is 1. The highest BCUT2D eigenvalue weighted by Crippen LogP contribution is 2.26. The lowest BCUT2D eigenvalue weighted by atomic mass is 10.0. The van der Waals surface area contributed by atoms with E-state index in [1.165, 1.54) is 12.1 Å². The number of phenolic OH excluding ortho intramolecular Hbond substituents is 1. The average Bonchev–Trinajstić information content (AvgIpc) is 2.94. The lowest BCUT2D eigenvalue weighted by Crippen LogP contribution is -2.33. The molecule has 1 aliphatic rings. The number of amides is 1. The third kappa shape index (κ3) is 2.98. The van der Waals surface area contributed by atoms with Gasteiger partial charge in [-0.05, 0) is 42.8 Å². The van der Waals surface area contributed by atoms with Gasteiger partial charge < -0.3 is 10.0 Å². The van der Waals surface area contributed by atoms with Crippen molar-refractivity contribution in [3.8, 4) is 17.0 Å². The molecule has 0 aliphatic carbocycles. The Hall–Kier alpha value is -3.15. The number of benzene rings is 1. The Balaban J connectivity index is 1.55. The maximum absolute atomic E-state index is 12.7. The summed E-state index contributed by atoms with van der Waals surface area (Å²) in [6, 6.07) is 10.3. The third-order valence-electron chi connectivity index (χ3n) is 4.55. The highest BCUT2D eigenvalue weighted by atomic mass is 16.3. The van der Waals surface area contributed by atoms with Crippen LogP contribution in [0.25, 0.3) is 11.3 Å². The van der Waals surface area contributed by atoms with Gasteiger partial charge in [0.15, 0.2) is 0 Å². The molecule has 0 bridgehead atoms. The number of H-pyrrole nitrogens is 1. The van der Waals surface area contributed by atoms with Gasteiger partial charge >= 0.3 is 0 Å². The van der Waals surface area contributed by atoms with Crippen LogP contribution in [0.1, 0.15) is 21.6 Å². The minimum Gasteiger partial charge on any atom is -0.508 e. The van der Waals surface area contributed by atoms with Crippen LogP contribution in [0, 0.1) is 0 Å². The van der Waals surface area contributed by atoms with Crippen molar-refractivity contribution in [1.29, 1.82) is 0 Å². The van der Waals surface area contributed by atoms with Gasteiger partial charge in [0.25, 0.3) is 5.91 Å². The molecule has 1 aliphatic heterocycles. The smallest absolute Gasteiger partial charge is 0.253 e. The Morgan fingerprint density at radius 3 is 2.68 bits per heavy atom. The number of fused-ring (bicyclic) bond motifs is 1. The Morgan fingerprint density at radius 1 is 1.12 bits per heavy atom. The second-order valence-electron chi connectivity index (χ2n) is 6.11. The van der Waals surface area contributed by atoms with Gasteiger partial charge in [-0.25, -0.2) is 0 Å². The molecule has 0 saturated carbocycles. The fraction of sp³-hybridized carbons (Fsp3) is 0.211. The number of aromatic amines is 1. The van der Waals surface area contributed by atoms with Crippen molar-refractivity contribution < 1.29 is 9.90 Å². The number of aromatic nitrogens is 3. The summed E-state index contributed by atoms with van der Waals surface area (Å²) >= 11 is 0. The van der Waals surface area contributed by atoms with Crippen molar-refractivity contribution in [2.24, 2.45) is 0 Å². The van der Waals surface area contributed by atoms with Crippen LogP contribution in [0.4, 0.5) is 0 Å². The number of pyridine rings is 1. The van der Waals surface area contributed by atoms with E-state index >= 15 is 0 Å². The fourth-order valence-electron chi connectivity index (χ4n) is 3.21. The molecular weight excluding hydrogens is 316 g/mol. The molecule has 2 N–H and O–H groups in total. The van der Waals surface area contributed by atoms with Crippen molar-refractivity contribution in [2.75, 3.05) is 13.1 Å². The molecular formula is C19H18N4O2. The molecule has 6 nitrogen and oxygen atoms in total. The summed E-state index contributed by atoms with van der Waals surface area (Å²) in [5, 5.41) is 17.0. The van der Waals surface area contributed by atoms with E-state index in [2.05, 4.69) is 15.2 Å². The van der Waals surface area contributed by atoms with Gasteiger partial charge in [0.1, 0.15) is 5.75 Å². The zero-order valence-electron chi connectivity index (χ0n) is 13.6. The van der Waals surface area contributed by atoms with Crippen LogP contribution in [0.3, 0.4) is 0 Å². The van der Waals surface area contributed by atoms with E-state index in [1.807, 2.05) is 17.0 Å². The molecule has 0 unspecified atom stereocenters. The number of hydrogen-bond donors (Lipinski definition) is 2. The summed E-state index contributed by atoms with van der Waals surface area (Å²) in [7, 11) is 0. The highest BCUT2D eigenvalue weighted by Gasteiger charge is 2.23. The highest BCUT2D eigenvalue weighted by molar-refractivity contribution is 5.94. The normalized spacial score (nSPS) is 14.0.